The molecule has 10 aromatic carbocycles. The Hall–Kier alpha value is -6.75. The Morgan fingerprint density at radius 2 is 0.571 bits per heavy atom. The van der Waals surface area contributed by atoms with Crippen LogP contribution in [0.5, 0.6) is 34.5 Å². The molecule has 0 saturated heterocycles. The molecule has 0 N–H and O–H groups in total. The van der Waals surface area contributed by atoms with Crippen LogP contribution in [0, 0.1) is 10.8 Å². The zero-order chi connectivity index (χ0) is 54.0. The first-order valence-corrected chi connectivity index (χ1v) is 29.4. The topological polar surface area (TPSA) is 55.4 Å². The summed E-state index contributed by atoms with van der Waals surface area (Å²) in [4.78, 5) is 1.76. The Morgan fingerprint density at radius 3 is 0.844 bits per heavy atom. The number of hydrogen-bond donors (Lipinski definition) is 0. The van der Waals surface area contributed by atoms with Crippen LogP contribution in [0.25, 0.3) is 43.1 Å². The maximum Gasteiger partial charge on any atom is 0.530 e. The highest BCUT2D eigenvalue weighted by Gasteiger charge is 2.32. The fourth-order valence-electron chi connectivity index (χ4n) is 10.7. The van der Waals surface area contributed by atoms with Crippen molar-refractivity contribution < 1.29 is 27.1 Å². The Morgan fingerprint density at radius 1 is 0.299 bits per heavy atom. The van der Waals surface area contributed by atoms with E-state index < -0.39 is 17.2 Å². The van der Waals surface area contributed by atoms with Gasteiger partial charge in [0.1, 0.15) is 34.5 Å². The monoisotopic (exact) mass is 1070 g/mol. The van der Waals surface area contributed by atoms with Crippen LogP contribution in [0.15, 0.2) is 216 Å². The maximum atomic E-state index is 7.14. The minimum absolute atomic E-state index is 0.0723. The Labute approximate surface area is 462 Å². The van der Waals surface area contributed by atoms with Gasteiger partial charge in [0.2, 0.25) is 0 Å². The number of benzene rings is 10. The van der Waals surface area contributed by atoms with Gasteiger partial charge in [0.25, 0.3) is 0 Å². The third kappa shape index (κ3) is 13.7. The van der Waals surface area contributed by atoms with E-state index in [9.17, 15) is 0 Å². The summed E-state index contributed by atoms with van der Waals surface area (Å²) in [5.41, 5.74) is 2.14. The van der Waals surface area contributed by atoms with Crippen LogP contribution in [-0.2, 0) is 10.8 Å². The van der Waals surface area contributed by atoms with Gasteiger partial charge in [0.15, 0.2) is 0 Å². The molecule has 0 aromatic heterocycles. The smallest absolute Gasteiger partial charge is 0.408 e. The molecule has 0 amide bonds. The maximum absolute atomic E-state index is 7.14. The van der Waals surface area contributed by atoms with Crippen molar-refractivity contribution in [2.24, 2.45) is 10.8 Å². The lowest BCUT2D eigenvalue weighted by Crippen LogP contribution is -2.25. The minimum atomic E-state index is -2.08. The van der Waals surface area contributed by atoms with E-state index in [0.717, 1.165) is 65.7 Å². The molecule has 0 bridgehead atoms. The Kier molecular flexibility index (Phi) is 15.5. The summed E-state index contributed by atoms with van der Waals surface area (Å²) in [6.45, 7) is 23.1. The molecular formula is C68H68O6P2S. The van der Waals surface area contributed by atoms with E-state index in [1.807, 2.05) is 97.1 Å². The number of rotatable bonds is 18. The molecule has 77 heavy (non-hydrogen) atoms. The lowest BCUT2D eigenvalue weighted by atomic mass is 9.72. The average molecular weight is 1080 g/mol. The summed E-state index contributed by atoms with van der Waals surface area (Å²) in [5.74, 6) is 3.80. The molecule has 0 unspecified atom stereocenters. The minimum Gasteiger partial charge on any atom is -0.408 e. The quantitative estimate of drug-likeness (QED) is 0.0794. The van der Waals surface area contributed by atoms with Gasteiger partial charge in [-0.1, -0.05) is 214 Å². The molecule has 0 spiro atoms. The molecule has 0 aliphatic rings. The summed E-state index contributed by atoms with van der Waals surface area (Å²) in [7, 11) is -4.15. The van der Waals surface area contributed by atoms with E-state index in [0.29, 0.717) is 34.5 Å². The molecule has 0 atom stereocenters. The second-order valence-corrected chi connectivity index (χ2v) is 26.8. The molecule has 0 fully saturated rings. The van der Waals surface area contributed by atoms with Crippen LogP contribution in [-0.4, -0.2) is 0 Å². The lowest BCUT2D eigenvalue weighted by Gasteiger charge is -2.34. The van der Waals surface area contributed by atoms with Crippen LogP contribution >= 0.6 is 29.0 Å². The van der Waals surface area contributed by atoms with Crippen LogP contribution in [0.4, 0.5) is 0 Å². The van der Waals surface area contributed by atoms with Crippen molar-refractivity contribution in [3.63, 3.8) is 0 Å². The second kappa shape index (κ2) is 22.3. The summed E-state index contributed by atoms with van der Waals surface area (Å²) in [5, 5.41) is 8.71. The van der Waals surface area contributed by atoms with Crippen LogP contribution in [0.2, 0.25) is 0 Å². The van der Waals surface area contributed by atoms with Gasteiger partial charge in [-0.2, -0.15) is 0 Å². The molecule has 10 aromatic rings. The summed E-state index contributed by atoms with van der Waals surface area (Å²) in [6.07, 6.45) is 1.92. The molecular weight excluding hydrogens is 1010 g/mol. The van der Waals surface area contributed by atoms with Crippen LogP contribution in [0.1, 0.15) is 93.2 Å². The van der Waals surface area contributed by atoms with Crippen molar-refractivity contribution in [1.82, 2.24) is 0 Å². The Bertz CT molecular complexity index is 3300. The highest BCUT2D eigenvalue weighted by atomic mass is 32.2. The van der Waals surface area contributed by atoms with Gasteiger partial charge in [-0.15, -0.1) is 0 Å². The SMILES string of the molecule is CC(C)(C)CC(C)(C)c1ccc(OP(Oc2ccc3ccccc3c2)Oc2ccc3ccccc3c2)c(Sc2cc(C(C)(C)CC(C)(C)C)ccc2OP(Oc2ccc3ccccc3c2)Oc2ccc3ccccc3c2)c1. The molecule has 0 radical (unpaired) electrons. The van der Waals surface area contributed by atoms with Gasteiger partial charge in [-0.3, -0.25) is 0 Å². The standard InChI is InChI=1S/C68H68O6P2S/c1-65(2,3)45-67(7,8)55-31-37-61(73-75(69-57-33-27-47-19-11-15-23-51(47)39-57)70-58-34-28-48-20-12-16-24-52(48)40-58)63(43-55)77-64-44-56(68(9,10)46-66(4,5)6)32-38-62(64)74-76(71-59-35-29-49-21-13-17-25-53(49)41-59)72-60-36-30-50-22-14-18-26-54(50)42-60/h11-44H,45-46H2,1-10H3. The van der Waals surface area contributed by atoms with Crippen molar-refractivity contribution in [1.29, 1.82) is 0 Å². The highest BCUT2D eigenvalue weighted by molar-refractivity contribution is 7.99. The normalized spacial score (nSPS) is 12.4. The predicted molar refractivity (Wildman–Crippen MR) is 325 cm³/mol. The van der Waals surface area contributed by atoms with Gasteiger partial charge in [-0.25, -0.2) is 0 Å². The molecule has 0 heterocycles. The fraction of sp³-hybridized carbons (Fsp3) is 0.235. The van der Waals surface area contributed by atoms with Gasteiger partial charge >= 0.3 is 17.2 Å². The Balaban J connectivity index is 1.08. The highest BCUT2D eigenvalue weighted by Crippen LogP contribution is 2.53. The van der Waals surface area contributed by atoms with E-state index in [2.05, 4.69) is 178 Å². The third-order valence-electron chi connectivity index (χ3n) is 13.6. The second-order valence-electron chi connectivity index (χ2n) is 23.7. The zero-order valence-electron chi connectivity index (χ0n) is 45.8. The largest absolute Gasteiger partial charge is 0.530 e. The molecule has 10 rings (SSSR count). The van der Waals surface area contributed by atoms with E-state index in [4.69, 9.17) is 27.1 Å². The predicted octanol–water partition coefficient (Wildman–Crippen LogP) is 21.4. The van der Waals surface area contributed by atoms with Gasteiger partial charge < -0.3 is 27.1 Å². The first kappa shape index (κ1) is 53.6. The van der Waals surface area contributed by atoms with Gasteiger partial charge in [0, 0.05) is 0 Å². The first-order chi connectivity index (χ1) is 36.8. The third-order valence-corrected chi connectivity index (χ3v) is 16.8. The number of hydrogen-bond acceptors (Lipinski definition) is 7. The summed E-state index contributed by atoms with van der Waals surface area (Å²) in [6, 6.07) is 70.5. The first-order valence-electron chi connectivity index (χ1n) is 26.4. The van der Waals surface area contributed by atoms with Crippen molar-refractivity contribution >= 4 is 72.1 Å². The average Bonchev–Trinajstić information content (AvgIpc) is 3.38. The molecule has 0 aliphatic heterocycles. The molecule has 0 aliphatic carbocycles. The van der Waals surface area contributed by atoms with E-state index in [-0.39, 0.29) is 21.7 Å². The van der Waals surface area contributed by atoms with E-state index in [1.165, 1.54) is 11.1 Å². The van der Waals surface area contributed by atoms with Gasteiger partial charge in [0.05, 0.1) is 9.79 Å². The van der Waals surface area contributed by atoms with Crippen LogP contribution < -0.4 is 27.1 Å². The zero-order valence-corrected chi connectivity index (χ0v) is 48.4. The van der Waals surface area contributed by atoms with Crippen molar-refractivity contribution in [3.05, 3.63) is 217 Å². The lowest BCUT2D eigenvalue weighted by molar-refractivity contribution is 0.283. The summed E-state index contributed by atoms with van der Waals surface area (Å²) >= 11 is 1.60. The van der Waals surface area contributed by atoms with Crippen molar-refractivity contribution in [2.45, 2.75) is 103 Å². The summed E-state index contributed by atoms with van der Waals surface area (Å²) < 4.78 is 41.6. The van der Waals surface area contributed by atoms with Crippen molar-refractivity contribution in [2.75, 3.05) is 0 Å². The molecule has 392 valence electrons. The fourth-order valence-corrected chi connectivity index (χ4v) is 13.8. The van der Waals surface area contributed by atoms with Crippen molar-refractivity contribution in [3.8, 4) is 34.5 Å². The number of fused-ring (bicyclic) bond motifs is 4. The molecule has 0 saturated carbocycles. The molecule has 6 nitrogen and oxygen atoms in total. The van der Waals surface area contributed by atoms with Crippen LogP contribution in [0.3, 0.4) is 0 Å². The van der Waals surface area contributed by atoms with E-state index >= 15 is 0 Å². The van der Waals surface area contributed by atoms with Gasteiger partial charge in [-0.05, 0) is 162 Å². The molecule has 9 heteroatoms. The van der Waals surface area contributed by atoms with E-state index in [1.54, 1.807) is 11.8 Å².